The van der Waals surface area contributed by atoms with E-state index < -0.39 is 0 Å². The first-order valence-electron chi connectivity index (χ1n) is 9.40. The van der Waals surface area contributed by atoms with Crippen molar-refractivity contribution >= 4 is 17.5 Å². The molecule has 2 fully saturated rings. The smallest absolute Gasteiger partial charge is 0.251 e. The van der Waals surface area contributed by atoms with Gasteiger partial charge in [0.05, 0.1) is 6.17 Å². The first-order valence-corrected chi connectivity index (χ1v) is 9.78. The summed E-state index contributed by atoms with van der Waals surface area (Å²) in [4.78, 5) is 19.0. The van der Waals surface area contributed by atoms with Crippen molar-refractivity contribution in [2.45, 2.75) is 37.5 Å². The summed E-state index contributed by atoms with van der Waals surface area (Å²) in [5.74, 6) is -0.0588. The Kier molecular flexibility index (Phi) is 5.69. The molecule has 0 radical (unpaired) electrons. The average molecular weight is 386 g/mol. The third kappa shape index (κ3) is 4.47. The Morgan fingerprint density at radius 2 is 2.07 bits per heavy atom. The number of nitrogens with one attached hydrogen (secondary N) is 3. The van der Waals surface area contributed by atoms with Crippen molar-refractivity contribution in [3.8, 4) is 0 Å². The Labute approximate surface area is 164 Å². The molecule has 4 rings (SSSR count). The van der Waals surface area contributed by atoms with Crippen molar-refractivity contribution in [1.29, 1.82) is 0 Å². The standard InChI is InChI=1S/C20H24ClN5O/c21-16-4-1-3-15(11-16)20(27)23-17-5-2-10-26(13-17)19-12-18(24-25-19)14-6-8-22-9-7-14/h1,3-4,6-9,11,17-19,24-25H,2,5,10,12-13H2,(H,23,27). The number of benzene rings is 1. The number of carbonyl (C=O) groups excluding carboxylic acids is 1. The maximum atomic E-state index is 12.5. The first kappa shape index (κ1) is 18.4. The highest BCUT2D eigenvalue weighted by molar-refractivity contribution is 6.30. The monoisotopic (exact) mass is 385 g/mol. The van der Waals surface area contributed by atoms with Gasteiger partial charge in [0.25, 0.3) is 5.91 Å². The minimum absolute atomic E-state index is 0.0588. The van der Waals surface area contributed by atoms with Crippen molar-refractivity contribution in [1.82, 2.24) is 26.1 Å². The van der Waals surface area contributed by atoms with Crippen LogP contribution in [0, 0.1) is 0 Å². The summed E-state index contributed by atoms with van der Waals surface area (Å²) < 4.78 is 0. The van der Waals surface area contributed by atoms with E-state index in [0.717, 1.165) is 32.4 Å². The second kappa shape index (κ2) is 8.35. The van der Waals surface area contributed by atoms with Gasteiger partial charge in [0, 0.05) is 41.6 Å². The second-order valence-corrected chi connectivity index (χ2v) is 7.63. The predicted octanol–water partition coefficient (Wildman–Crippen LogP) is 2.49. The van der Waals surface area contributed by atoms with Gasteiger partial charge in [0.1, 0.15) is 0 Å². The van der Waals surface area contributed by atoms with Crippen molar-refractivity contribution in [3.63, 3.8) is 0 Å². The van der Waals surface area contributed by atoms with Gasteiger partial charge in [-0.05, 0) is 61.7 Å². The zero-order valence-corrected chi connectivity index (χ0v) is 15.8. The van der Waals surface area contributed by atoms with E-state index in [1.807, 2.05) is 24.5 Å². The van der Waals surface area contributed by atoms with Gasteiger partial charge >= 0.3 is 0 Å². The highest BCUT2D eigenvalue weighted by atomic mass is 35.5. The van der Waals surface area contributed by atoms with Crippen LogP contribution in [0.5, 0.6) is 0 Å². The van der Waals surface area contributed by atoms with E-state index in [1.54, 1.807) is 24.3 Å². The summed E-state index contributed by atoms with van der Waals surface area (Å²) in [7, 11) is 0. The molecular formula is C20H24ClN5O. The molecule has 2 aliphatic rings. The van der Waals surface area contributed by atoms with E-state index in [9.17, 15) is 4.79 Å². The third-order valence-electron chi connectivity index (χ3n) is 5.31. The molecule has 0 bridgehead atoms. The summed E-state index contributed by atoms with van der Waals surface area (Å²) in [6, 6.07) is 11.6. The Morgan fingerprint density at radius 3 is 2.89 bits per heavy atom. The van der Waals surface area contributed by atoms with Crippen LogP contribution in [0.25, 0.3) is 0 Å². The lowest BCUT2D eigenvalue weighted by Crippen LogP contribution is -2.54. The maximum absolute atomic E-state index is 12.5. The third-order valence-corrected chi connectivity index (χ3v) is 5.54. The van der Waals surface area contributed by atoms with Gasteiger partial charge in [-0.15, -0.1) is 0 Å². The van der Waals surface area contributed by atoms with Gasteiger partial charge in [-0.3, -0.25) is 14.7 Å². The van der Waals surface area contributed by atoms with E-state index in [2.05, 4.69) is 26.1 Å². The quantitative estimate of drug-likeness (QED) is 0.754. The number of hydrogen-bond donors (Lipinski definition) is 3. The van der Waals surface area contributed by atoms with Crippen molar-refractivity contribution < 1.29 is 4.79 Å². The van der Waals surface area contributed by atoms with Crippen LogP contribution in [-0.4, -0.2) is 41.1 Å². The fourth-order valence-electron chi connectivity index (χ4n) is 3.90. The number of pyridine rings is 1. The molecule has 142 valence electrons. The van der Waals surface area contributed by atoms with Crippen LogP contribution in [0.15, 0.2) is 48.8 Å². The molecule has 2 aliphatic heterocycles. The summed E-state index contributed by atoms with van der Waals surface area (Å²) in [5.41, 5.74) is 8.65. The molecule has 2 aromatic rings. The molecule has 1 amide bonds. The number of rotatable bonds is 4. The Bertz CT molecular complexity index is 787. The first-order chi connectivity index (χ1) is 13.2. The fraction of sp³-hybridized carbons (Fsp3) is 0.400. The molecule has 3 heterocycles. The molecule has 1 aromatic heterocycles. The number of nitrogens with zero attached hydrogens (tertiary/aromatic N) is 2. The van der Waals surface area contributed by atoms with E-state index in [-0.39, 0.29) is 24.2 Å². The summed E-state index contributed by atoms with van der Waals surface area (Å²) in [6.07, 6.45) is 6.96. The number of halogens is 1. The van der Waals surface area contributed by atoms with E-state index in [0.29, 0.717) is 10.6 Å². The minimum Gasteiger partial charge on any atom is -0.348 e. The average Bonchev–Trinajstić information content (AvgIpc) is 3.19. The number of carbonyl (C=O) groups is 1. The van der Waals surface area contributed by atoms with Crippen LogP contribution in [0.2, 0.25) is 5.02 Å². The molecule has 2 saturated heterocycles. The molecule has 1 aromatic carbocycles. The summed E-state index contributed by atoms with van der Waals surface area (Å²) >= 11 is 6.00. The lowest BCUT2D eigenvalue weighted by molar-refractivity contribution is 0.0856. The van der Waals surface area contributed by atoms with Crippen LogP contribution in [-0.2, 0) is 0 Å². The van der Waals surface area contributed by atoms with Gasteiger partial charge in [-0.25, -0.2) is 10.9 Å². The molecule has 3 unspecified atom stereocenters. The molecule has 0 saturated carbocycles. The molecule has 0 spiro atoms. The Balaban J connectivity index is 1.34. The number of amides is 1. The maximum Gasteiger partial charge on any atom is 0.251 e. The lowest BCUT2D eigenvalue weighted by Gasteiger charge is -2.36. The Morgan fingerprint density at radius 1 is 1.22 bits per heavy atom. The zero-order valence-electron chi connectivity index (χ0n) is 15.1. The normalized spacial score (nSPS) is 26.0. The van der Waals surface area contributed by atoms with Crippen molar-refractivity contribution in [3.05, 3.63) is 64.9 Å². The molecule has 0 aliphatic carbocycles. The van der Waals surface area contributed by atoms with Crippen LogP contribution in [0.3, 0.4) is 0 Å². The van der Waals surface area contributed by atoms with Crippen molar-refractivity contribution in [2.24, 2.45) is 0 Å². The van der Waals surface area contributed by atoms with Gasteiger partial charge in [0.2, 0.25) is 0 Å². The number of piperidine rings is 1. The fourth-order valence-corrected chi connectivity index (χ4v) is 4.09. The minimum atomic E-state index is -0.0588. The number of aromatic nitrogens is 1. The lowest BCUT2D eigenvalue weighted by atomic mass is 10.0. The number of likely N-dealkylation sites (tertiary alicyclic amines) is 1. The molecule has 6 nitrogen and oxygen atoms in total. The topological polar surface area (TPSA) is 69.3 Å². The highest BCUT2D eigenvalue weighted by Crippen LogP contribution is 2.25. The SMILES string of the molecule is O=C(NC1CCCN(C2CC(c3ccncc3)NN2)C1)c1cccc(Cl)c1. The summed E-state index contributed by atoms with van der Waals surface area (Å²) in [6.45, 7) is 1.88. The number of hydrogen-bond acceptors (Lipinski definition) is 5. The van der Waals surface area contributed by atoms with Crippen LogP contribution in [0.1, 0.15) is 41.2 Å². The summed E-state index contributed by atoms with van der Waals surface area (Å²) in [5, 5.41) is 3.74. The predicted molar refractivity (Wildman–Crippen MR) is 105 cm³/mol. The molecule has 3 N–H and O–H groups in total. The largest absolute Gasteiger partial charge is 0.348 e. The van der Waals surface area contributed by atoms with E-state index in [1.165, 1.54) is 5.56 Å². The van der Waals surface area contributed by atoms with Crippen LogP contribution < -0.4 is 16.2 Å². The van der Waals surface area contributed by atoms with Crippen LogP contribution >= 0.6 is 11.6 Å². The highest BCUT2D eigenvalue weighted by Gasteiger charge is 2.32. The van der Waals surface area contributed by atoms with Crippen LogP contribution in [0.4, 0.5) is 0 Å². The van der Waals surface area contributed by atoms with Gasteiger partial charge < -0.3 is 5.32 Å². The van der Waals surface area contributed by atoms with Crippen molar-refractivity contribution in [2.75, 3.05) is 13.1 Å². The number of hydrazine groups is 1. The second-order valence-electron chi connectivity index (χ2n) is 7.19. The Hall–Kier alpha value is -1.99. The molecular weight excluding hydrogens is 362 g/mol. The van der Waals surface area contributed by atoms with Gasteiger partial charge in [-0.1, -0.05) is 17.7 Å². The molecule has 7 heteroatoms. The van der Waals surface area contributed by atoms with E-state index in [4.69, 9.17) is 11.6 Å². The molecule has 27 heavy (non-hydrogen) atoms. The van der Waals surface area contributed by atoms with Gasteiger partial charge in [-0.2, -0.15) is 0 Å². The molecule has 3 atom stereocenters. The zero-order chi connectivity index (χ0) is 18.6. The van der Waals surface area contributed by atoms with Gasteiger partial charge in [0.15, 0.2) is 0 Å². The van der Waals surface area contributed by atoms with E-state index >= 15 is 0 Å².